The number of hydrogen-bond donors (Lipinski definition) is 0. The fourth-order valence-corrected chi connectivity index (χ4v) is 1.30. The van der Waals surface area contributed by atoms with Crippen LogP contribution >= 0.6 is 0 Å². The van der Waals surface area contributed by atoms with Crippen molar-refractivity contribution < 1.29 is 18.0 Å². The summed E-state index contributed by atoms with van der Waals surface area (Å²) in [7, 11) is 1.20. The van der Waals surface area contributed by atoms with E-state index in [4.69, 9.17) is 0 Å². The second kappa shape index (κ2) is 3.20. The Kier molecular flexibility index (Phi) is 2.54. The van der Waals surface area contributed by atoms with E-state index in [-0.39, 0.29) is 12.5 Å². The Balaban J connectivity index is 2.39. The molecule has 0 saturated heterocycles. The van der Waals surface area contributed by atoms with Gasteiger partial charge in [0.2, 0.25) is 0 Å². The van der Waals surface area contributed by atoms with Crippen molar-refractivity contribution in [2.75, 3.05) is 13.6 Å². The van der Waals surface area contributed by atoms with Crippen molar-refractivity contribution in [1.82, 2.24) is 4.90 Å². The minimum atomic E-state index is -4.73. The van der Waals surface area contributed by atoms with Crippen molar-refractivity contribution in [1.29, 1.82) is 0 Å². The molecule has 1 amide bonds. The molecule has 0 N–H and O–H groups in total. The molecule has 2 atom stereocenters. The predicted molar refractivity (Wildman–Crippen MR) is 41.0 cm³/mol. The number of hydrogen-bond acceptors (Lipinski definition) is 1. The fraction of sp³-hybridized carbons (Fsp3) is 0.875. The molecular formula is C8H12F3NO. The molecule has 2 unspecified atom stereocenters. The van der Waals surface area contributed by atoms with Crippen molar-refractivity contribution in [2.24, 2.45) is 11.8 Å². The first-order valence-corrected chi connectivity index (χ1v) is 4.14. The van der Waals surface area contributed by atoms with Crippen LogP contribution in [0.25, 0.3) is 0 Å². The van der Waals surface area contributed by atoms with Gasteiger partial charge < -0.3 is 4.90 Å². The lowest BCUT2D eigenvalue weighted by molar-refractivity contribution is -0.184. The number of rotatable bonds is 2. The first-order chi connectivity index (χ1) is 5.82. The molecule has 0 aromatic carbocycles. The number of amides is 1. The number of halogens is 3. The molecule has 0 aromatic rings. The van der Waals surface area contributed by atoms with Crippen LogP contribution in [0.4, 0.5) is 13.2 Å². The van der Waals surface area contributed by atoms with E-state index in [1.54, 1.807) is 0 Å². The molecule has 2 nitrogen and oxygen atoms in total. The summed E-state index contributed by atoms with van der Waals surface area (Å²) in [4.78, 5) is 11.4. The minimum absolute atomic E-state index is 0.222. The van der Waals surface area contributed by atoms with Crippen molar-refractivity contribution >= 4 is 5.91 Å². The second-order valence-electron chi connectivity index (χ2n) is 3.66. The smallest absolute Gasteiger partial charge is 0.338 e. The van der Waals surface area contributed by atoms with Crippen molar-refractivity contribution in [3.63, 3.8) is 0 Å². The monoisotopic (exact) mass is 195 g/mol. The Morgan fingerprint density at radius 1 is 1.54 bits per heavy atom. The highest BCUT2D eigenvalue weighted by atomic mass is 19.4. The molecule has 0 aliphatic heterocycles. The summed E-state index contributed by atoms with van der Waals surface area (Å²) in [6.45, 7) is 2.19. The number of alkyl halides is 3. The minimum Gasteiger partial charge on any atom is -0.338 e. The van der Waals surface area contributed by atoms with Crippen molar-refractivity contribution in [2.45, 2.75) is 19.5 Å². The van der Waals surface area contributed by atoms with Crippen molar-refractivity contribution in [3.8, 4) is 0 Å². The van der Waals surface area contributed by atoms with Gasteiger partial charge in [0.25, 0.3) is 0 Å². The maximum absolute atomic E-state index is 11.9. The SMILES string of the molecule is CC1CC1CN(C)C(=O)C(F)(F)F. The molecule has 1 aliphatic carbocycles. The normalized spacial score (nSPS) is 27.2. The number of nitrogens with zero attached hydrogens (tertiary/aromatic N) is 1. The first kappa shape index (κ1) is 10.3. The molecule has 0 heterocycles. The second-order valence-corrected chi connectivity index (χ2v) is 3.66. The topological polar surface area (TPSA) is 20.3 Å². The van der Waals surface area contributed by atoms with Crippen LogP contribution in [-0.4, -0.2) is 30.6 Å². The van der Waals surface area contributed by atoms with E-state index in [9.17, 15) is 18.0 Å². The van der Waals surface area contributed by atoms with Crippen LogP contribution in [-0.2, 0) is 4.79 Å². The third kappa shape index (κ3) is 2.60. The highest BCUT2D eigenvalue weighted by molar-refractivity contribution is 5.81. The summed E-state index contributed by atoms with van der Waals surface area (Å²) in [6, 6.07) is 0. The van der Waals surface area contributed by atoms with Gasteiger partial charge in [-0.2, -0.15) is 13.2 Å². The van der Waals surface area contributed by atoms with E-state index < -0.39 is 12.1 Å². The van der Waals surface area contributed by atoms with Crippen LogP contribution < -0.4 is 0 Å². The van der Waals surface area contributed by atoms with Gasteiger partial charge in [-0.3, -0.25) is 4.79 Å². The Morgan fingerprint density at radius 2 is 2.00 bits per heavy atom. The molecule has 1 fully saturated rings. The van der Waals surface area contributed by atoms with Gasteiger partial charge >= 0.3 is 12.1 Å². The van der Waals surface area contributed by atoms with E-state index in [2.05, 4.69) is 0 Å². The van der Waals surface area contributed by atoms with Gasteiger partial charge in [0.05, 0.1) is 0 Å². The molecule has 0 radical (unpaired) electrons. The summed E-state index contributed by atoms with van der Waals surface area (Å²) in [5.41, 5.74) is 0. The highest BCUT2D eigenvalue weighted by Gasteiger charge is 2.43. The Labute approximate surface area is 74.7 Å². The number of carbonyl (C=O) groups excluding carboxylic acids is 1. The lowest BCUT2D eigenvalue weighted by Crippen LogP contribution is -2.39. The zero-order valence-electron chi connectivity index (χ0n) is 7.56. The molecular weight excluding hydrogens is 183 g/mol. The first-order valence-electron chi connectivity index (χ1n) is 4.14. The molecule has 1 saturated carbocycles. The zero-order chi connectivity index (χ0) is 10.2. The van der Waals surface area contributed by atoms with Crippen LogP contribution in [0, 0.1) is 11.8 Å². The molecule has 5 heteroatoms. The fourth-order valence-electron chi connectivity index (χ4n) is 1.30. The van der Waals surface area contributed by atoms with Crippen LogP contribution in [0.2, 0.25) is 0 Å². The summed E-state index contributed by atoms with van der Waals surface area (Å²) in [6.07, 6.45) is -3.80. The quantitative estimate of drug-likeness (QED) is 0.656. The summed E-state index contributed by atoms with van der Waals surface area (Å²) < 4.78 is 35.6. The van der Waals surface area contributed by atoms with Gasteiger partial charge in [-0.05, 0) is 18.3 Å². The zero-order valence-corrected chi connectivity index (χ0v) is 7.56. The Bertz CT molecular complexity index is 214. The van der Waals surface area contributed by atoms with E-state index >= 15 is 0 Å². The van der Waals surface area contributed by atoms with Gasteiger partial charge in [-0.15, -0.1) is 0 Å². The van der Waals surface area contributed by atoms with Gasteiger partial charge in [-0.25, -0.2) is 0 Å². The maximum Gasteiger partial charge on any atom is 0.471 e. The van der Waals surface area contributed by atoms with Crippen molar-refractivity contribution in [3.05, 3.63) is 0 Å². The molecule has 0 spiro atoms. The predicted octanol–water partition coefficient (Wildman–Crippen LogP) is 1.66. The van der Waals surface area contributed by atoms with Crippen LogP contribution in [0.15, 0.2) is 0 Å². The third-order valence-electron chi connectivity index (χ3n) is 2.37. The van der Waals surface area contributed by atoms with Gasteiger partial charge in [-0.1, -0.05) is 6.92 Å². The molecule has 76 valence electrons. The van der Waals surface area contributed by atoms with Gasteiger partial charge in [0.1, 0.15) is 0 Å². The molecule has 0 bridgehead atoms. The third-order valence-corrected chi connectivity index (χ3v) is 2.37. The molecule has 1 rings (SSSR count). The van der Waals surface area contributed by atoms with E-state index in [1.165, 1.54) is 7.05 Å². The average Bonchev–Trinajstić information content (AvgIpc) is 2.63. The van der Waals surface area contributed by atoms with Crippen LogP contribution in [0.5, 0.6) is 0 Å². The Morgan fingerprint density at radius 3 is 2.31 bits per heavy atom. The van der Waals surface area contributed by atoms with Crippen LogP contribution in [0.3, 0.4) is 0 Å². The molecule has 0 aromatic heterocycles. The lowest BCUT2D eigenvalue weighted by atomic mass is 10.3. The summed E-state index contributed by atoms with van der Waals surface area (Å²) in [5, 5.41) is 0. The van der Waals surface area contributed by atoms with Gasteiger partial charge in [0, 0.05) is 13.6 Å². The standard InChI is InChI=1S/C8H12F3NO/c1-5-3-6(5)4-12(2)7(13)8(9,10)11/h5-6H,3-4H2,1-2H3. The van der Waals surface area contributed by atoms with E-state index in [0.717, 1.165) is 11.3 Å². The maximum atomic E-state index is 11.9. The molecule has 1 aliphatic rings. The van der Waals surface area contributed by atoms with Gasteiger partial charge in [0.15, 0.2) is 0 Å². The average molecular weight is 195 g/mol. The van der Waals surface area contributed by atoms with E-state index in [0.29, 0.717) is 5.92 Å². The summed E-state index contributed by atoms with van der Waals surface area (Å²) >= 11 is 0. The highest BCUT2D eigenvalue weighted by Crippen LogP contribution is 2.38. The Hall–Kier alpha value is -0.740. The number of carbonyl (C=O) groups is 1. The lowest BCUT2D eigenvalue weighted by Gasteiger charge is -2.18. The van der Waals surface area contributed by atoms with Crippen LogP contribution in [0.1, 0.15) is 13.3 Å². The van der Waals surface area contributed by atoms with E-state index in [1.807, 2.05) is 6.92 Å². The molecule has 13 heavy (non-hydrogen) atoms. The largest absolute Gasteiger partial charge is 0.471 e. The summed E-state index contributed by atoms with van der Waals surface area (Å²) in [5.74, 6) is -1.02.